The number of hydrogen-bond donors (Lipinski definition) is 2. The molecule has 0 bridgehead atoms. The second-order valence-electron chi connectivity index (χ2n) is 5.61. The molecular weight excluding hydrogens is 276 g/mol. The van der Waals surface area contributed by atoms with Gasteiger partial charge >= 0.3 is 0 Å². The summed E-state index contributed by atoms with van der Waals surface area (Å²) in [6.45, 7) is 6.71. The molecule has 5 heteroatoms. The zero-order valence-electron chi connectivity index (χ0n) is 12.1. The largest absolute Gasteiger partial charge is 0.355 e. The maximum absolute atomic E-state index is 11.7. The van der Waals surface area contributed by atoms with Crippen molar-refractivity contribution in [2.45, 2.75) is 32.6 Å². The van der Waals surface area contributed by atoms with Crippen molar-refractivity contribution < 1.29 is 9.59 Å². The number of carbonyl (C=O) groups is 2. The molecule has 20 heavy (non-hydrogen) atoms. The van der Waals surface area contributed by atoms with Gasteiger partial charge in [-0.3, -0.25) is 9.59 Å². The molecule has 2 amide bonds. The van der Waals surface area contributed by atoms with Crippen molar-refractivity contribution in [3.63, 3.8) is 0 Å². The van der Waals surface area contributed by atoms with Crippen molar-refractivity contribution in [2.24, 2.45) is 0 Å². The molecule has 0 fully saturated rings. The molecule has 0 aliphatic rings. The lowest BCUT2D eigenvalue weighted by Crippen LogP contribution is -2.28. The van der Waals surface area contributed by atoms with Crippen LogP contribution in [0.1, 0.15) is 32.8 Å². The van der Waals surface area contributed by atoms with Gasteiger partial charge in [-0.25, -0.2) is 0 Å². The van der Waals surface area contributed by atoms with Gasteiger partial charge in [-0.1, -0.05) is 32.9 Å². The van der Waals surface area contributed by atoms with E-state index in [0.717, 1.165) is 5.69 Å². The van der Waals surface area contributed by atoms with E-state index in [-0.39, 0.29) is 36.1 Å². The summed E-state index contributed by atoms with van der Waals surface area (Å²) in [6, 6.07) is 7.78. The standard InChI is InChI=1S/C15H21ClN2O2/c1-15(2,3)11-4-6-12(7-5-11)18-13(19)8-9-17-14(20)10-16/h4-7H,8-10H2,1-3H3,(H,17,20)(H,18,19). The molecule has 0 spiro atoms. The Morgan fingerprint density at radius 1 is 1.10 bits per heavy atom. The highest BCUT2D eigenvalue weighted by atomic mass is 35.5. The summed E-state index contributed by atoms with van der Waals surface area (Å²) >= 11 is 5.34. The fraction of sp³-hybridized carbons (Fsp3) is 0.467. The Labute approximate surface area is 124 Å². The zero-order chi connectivity index (χ0) is 15.2. The Kier molecular flexibility index (Phi) is 6.02. The first kappa shape index (κ1) is 16.5. The second-order valence-corrected chi connectivity index (χ2v) is 5.88. The fourth-order valence-electron chi connectivity index (χ4n) is 1.64. The van der Waals surface area contributed by atoms with Gasteiger partial charge in [-0.15, -0.1) is 11.6 Å². The highest BCUT2D eigenvalue weighted by molar-refractivity contribution is 6.27. The summed E-state index contributed by atoms with van der Waals surface area (Å²) < 4.78 is 0. The van der Waals surface area contributed by atoms with Crippen LogP contribution in [0.15, 0.2) is 24.3 Å². The average Bonchev–Trinajstić information content (AvgIpc) is 2.38. The third-order valence-corrected chi connectivity index (χ3v) is 3.07. The van der Waals surface area contributed by atoms with Gasteiger partial charge in [0.1, 0.15) is 5.88 Å². The van der Waals surface area contributed by atoms with Crippen molar-refractivity contribution in [2.75, 3.05) is 17.7 Å². The predicted molar refractivity (Wildman–Crippen MR) is 82.1 cm³/mol. The number of hydrogen-bond acceptors (Lipinski definition) is 2. The number of carbonyl (C=O) groups excluding carboxylic acids is 2. The SMILES string of the molecule is CC(C)(C)c1ccc(NC(=O)CCNC(=O)CCl)cc1. The molecule has 110 valence electrons. The first-order valence-corrected chi connectivity index (χ1v) is 7.09. The van der Waals surface area contributed by atoms with Gasteiger partial charge in [0.15, 0.2) is 0 Å². The molecule has 0 unspecified atom stereocenters. The van der Waals surface area contributed by atoms with E-state index in [2.05, 4.69) is 31.4 Å². The summed E-state index contributed by atoms with van der Waals surface area (Å²) in [5, 5.41) is 5.34. The quantitative estimate of drug-likeness (QED) is 0.821. The van der Waals surface area contributed by atoms with E-state index in [1.807, 2.05) is 24.3 Å². The topological polar surface area (TPSA) is 58.2 Å². The number of halogens is 1. The number of alkyl halides is 1. The van der Waals surface area contributed by atoms with Crippen LogP contribution in [0.4, 0.5) is 5.69 Å². The van der Waals surface area contributed by atoms with Crippen LogP contribution in [-0.2, 0) is 15.0 Å². The summed E-state index contributed by atoms with van der Waals surface area (Å²) in [6.07, 6.45) is 0.226. The fourth-order valence-corrected chi connectivity index (χ4v) is 1.73. The molecule has 1 aromatic rings. The van der Waals surface area contributed by atoms with Gasteiger partial charge in [0.25, 0.3) is 0 Å². The number of amides is 2. The second kappa shape index (κ2) is 7.29. The van der Waals surface area contributed by atoms with E-state index in [4.69, 9.17) is 11.6 Å². The summed E-state index contributed by atoms with van der Waals surface area (Å²) in [5.41, 5.74) is 2.06. The van der Waals surface area contributed by atoms with Crippen LogP contribution in [-0.4, -0.2) is 24.2 Å². The molecule has 0 heterocycles. The zero-order valence-corrected chi connectivity index (χ0v) is 12.9. The van der Waals surface area contributed by atoms with Crippen molar-refractivity contribution in [3.8, 4) is 0 Å². The minimum Gasteiger partial charge on any atom is -0.355 e. The van der Waals surface area contributed by atoms with E-state index in [0.29, 0.717) is 0 Å². The first-order chi connectivity index (χ1) is 9.32. The number of nitrogens with one attached hydrogen (secondary N) is 2. The Hall–Kier alpha value is -1.55. The Morgan fingerprint density at radius 3 is 2.20 bits per heavy atom. The maximum atomic E-state index is 11.7. The normalized spacial score (nSPS) is 11.0. The number of anilines is 1. The van der Waals surface area contributed by atoms with Crippen LogP contribution in [0.5, 0.6) is 0 Å². The molecule has 0 saturated carbocycles. The molecule has 0 radical (unpaired) electrons. The summed E-state index contributed by atoms with van der Waals surface area (Å²) in [7, 11) is 0. The maximum Gasteiger partial charge on any atom is 0.234 e. The molecular formula is C15H21ClN2O2. The molecule has 0 aliphatic heterocycles. The van der Waals surface area contributed by atoms with Crippen LogP contribution >= 0.6 is 11.6 Å². The monoisotopic (exact) mass is 296 g/mol. The molecule has 0 saturated heterocycles. The van der Waals surface area contributed by atoms with Gasteiger partial charge in [-0.2, -0.15) is 0 Å². The number of rotatable bonds is 5. The summed E-state index contributed by atoms with van der Waals surface area (Å²) in [5.74, 6) is -0.493. The molecule has 4 nitrogen and oxygen atoms in total. The van der Waals surface area contributed by atoms with Crippen LogP contribution < -0.4 is 10.6 Å². The smallest absolute Gasteiger partial charge is 0.234 e. The van der Waals surface area contributed by atoms with E-state index >= 15 is 0 Å². The lowest BCUT2D eigenvalue weighted by atomic mass is 9.87. The van der Waals surface area contributed by atoms with Crippen LogP contribution in [0.2, 0.25) is 0 Å². The third-order valence-electron chi connectivity index (χ3n) is 2.83. The van der Waals surface area contributed by atoms with Crippen molar-refractivity contribution in [3.05, 3.63) is 29.8 Å². The van der Waals surface area contributed by atoms with Crippen molar-refractivity contribution in [1.29, 1.82) is 0 Å². The minimum atomic E-state index is -0.269. The van der Waals surface area contributed by atoms with E-state index in [1.54, 1.807) is 0 Å². The Bertz CT molecular complexity index is 464. The Balaban J connectivity index is 2.44. The van der Waals surface area contributed by atoms with Gasteiger partial charge in [-0.05, 0) is 23.1 Å². The molecule has 0 aliphatic carbocycles. The lowest BCUT2D eigenvalue weighted by Gasteiger charge is -2.19. The molecule has 0 atom stereocenters. The minimum absolute atomic E-state index is 0.0874. The first-order valence-electron chi connectivity index (χ1n) is 6.56. The van der Waals surface area contributed by atoms with E-state index < -0.39 is 0 Å². The van der Waals surface area contributed by atoms with E-state index in [9.17, 15) is 9.59 Å². The van der Waals surface area contributed by atoms with Gasteiger partial charge in [0, 0.05) is 18.7 Å². The number of benzene rings is 1. The Morgan fingerprint density at radius 2 is 1.70 bits per heavy atom. The highest BCUT2D eigenvalue weighted by Gasteiger charge is 2.13. The van der Waals surface area contributed by atoms with Gasteiger partial charge in [0.2, 0.25) is 11.8 Å². The lowest BCUT2D eigenvalue weighted by molar-refractivity contribution is -0.119. The van der Waals surface area contributed by atoms with Crippen molar-refractivity contribution in [1.82, 2.24) is 5.32 Å². The van der Waals surface area contributed by atoms with Crippen LogP contribution in [0.25, 0.3) is 0 Å². The molecule has 0 aromatic heterocycles. The van der Waals surface area contributed by atoms with Crippen LogP contribution in [0, 0.1) is 0 Å². The predicted octanol–water partition coefficient (Wildman–Crippen LogP) is 2.67. The molecule has 1 rings (SSSR count). The molecule has 1 aromatic carbocycles. The van der Waals surface area contributed by atoms with Gasteiger partial charge in [0.05, 0.1) is 0 Å². The average molecular weight is 297 g/mol. The highest BCUT2D eigenvalue weighted by Crippen LogP contribution is 2.23. The van der Waals surface area contributed by atoms with Crippen LogP contribution in [0.3, 0.4) is 0 Å². The van der Waals surface area contributed by atoms with Gasteiger partial charge < -0.3 is 10.6 Å². The van der Waals surface area contributed by atoms with E-state index in [1.165, 1.54) is 5.56 Å². The van der Waals surface area contributed by atoms with Crippen molar-refractivity contribution >= 4 is 29.1 Å². The summed E-state index contributed by atoms with van der Waals surface area (Å²) in [4.78, 5) is 22.6. The third kappa shape index (κ3) is 5.61. The molecule has 2 N–H and O–H groups in total.